The van der Waals surface area contributed by atoms with E-state index in [2.05, 4.69) is 11.8 Å². The van der Waals surface area contributed by atoms with Crippen LogP contribution in [0.1, 0.15) is 39.0 Å². The van der Waals surface area contributed by atoms with E-state index in [1.54, 1.807) is 0 Å². The lowest BCUT2D eigenvalue weighted by Crippen LogP contribution is -2.40. The molecule has 0 N–H and O–H groups in total. The van der Waals surface area contributed by atoms with Gasteiger partial charge < -0.3 is 9.64 Å². The fourth-order valence-electron chi connectivity index (χ4n) is 3.33. The molecule has 1 aliphatic heterocycles. The molecule has 0 atom stereocenters. The summed E-state index contributed by atoms with van der Waals surface area (Å²) >= 11 is 0. The lowest BCUT2D eigenvalue weighted by Gasteiger charge is -2.39. The van der Waals surface area contributed by atoms with Gasteiger partial charge in [0.2, 0.25) is 0 Å². The predicted octanol–water partition coefficient (Wildman–Crippen LogP) is 2.78. The summed E-state index contributed by atoms with van der Waals surface area (Å²) in [6.07, 6.45) is 7.01. The molecule has 1 saturated heterocycles. The summed E-state index contributed by atoms with van der Waals surface area (Å²) in [5, 5.41) is 0. The fraction of sp³-hybridized carbons (Fsp3) is 1.00. The van der Waals surface area contributed by atoms with Crippen molar-refractivity contribution < 1.29 is 4.74 Å². The van der Waals surface area contributed by atoms with Gasteiger partial charge in [-0.3, -0.25) is 0 Å². The molecule has 2 fully saturated rings. The highest BCUT2D eigenvalue weighted by atomic mass is 16.5. The number of hydrogen-bond donors (Lipinski definition) is 0. The van der Waals surface area contributed by atoms with E-state index in [4.69, 9.17) is 4.74 Å². The van der Waals surface area contributed by atoms with Crippen molar-refractivity contribution in [2.75, 3.05) is 33.4 Å². The molecule has 2 heteroatoms. The molecule has 0 radical (unpaired) electrons. The van der Waals surface area contributed by atoms with E-state index < -0.39 is 0 Å². The normalized spacial score (nSPS) is 32.6. The molecular formula is C14H27NO. The van der Waals surface area contributed by atoms with Crippen LogP contribution in [-0.4, -0.2) is 38.3 Å². The summed E-state index contributed by atoms with van der Waals surface area (Å²) < 4.78 is 5.16. The summed E-state index contributed by atoms with van der Waals surface area (Å²) in [6, 6.07) is 0. The maximum absolute atomic E-state index is 5.16. The van der Waals surface area contributed by atoms with Crippen LogP contribution in [-0.2, 0) is 4.74 Å². The van der Waals surface area contributed by atoms with Gasteiger partial charge in [0.15, 0.2) is 0 Å². The minimum absolute atomic E-state index is 0.927. The Kier molecular flexibility index (Phi) is 4.66. The zero-order valence-corrected chi connectivity index (χ0v) is 11.0. The topological polar surface area (TPSA) is 12.5 Å². The third-order valence-corrected chi connectivity index (χ3v) is 4.43. The SMILES string of the molecule is COCCC1CCN(CC2CC(C)C2)CC1. The second-order valence-corrected chi connectivity index (χ2v) is 5.97. The molecule has 2 nitrogen and oxygen atoms in total. The van der Waals surface area contributed by atoms with Crippen LogP contribution < -0.4 is 0 Å². The van der Waals surface area contributed by atoms with Crippen LogP contribution in [0.4, 0.5) is 0 Å². The molecule has 1 saturated carbocycles. The molecule has 0 aromatic carbocycles. The van der Waals surface area contributed by atoms with Gasteiger partial charge in [-0.25, -0.2) is 0 Å². The van der Waals surface area contributed by atoms with E-state index in [1.807, 2.05) is 7.11 Å². The second kappa shape index (κ2) is 6.02. The van der Waals surface area contributed by atoms with E-state index in [0.717, 1.165) is 24.4 Å². The number of nitrogens with zero attached hydrogens (tertiary/aromatic N) is 1. The molecule has 0 amide bonds. The van der Waals surface area contributed by atoms with Crippen molar-refractivity contribution in [3.05, 3.63) is 0 Å². The zero-order valence-electron chi connectivity index (χ0n) is 11.0. The average Bonchev–Trinajstić information content (AvgIpc) is 2.26. The van der Waals surface area contributed by atoms with E-state index in [0.29, 0.717) is 0 Å². The smallest absolute Gasteiger partial charge is 0.0464 e. The Morgan fingerprint density at radius 3 is 2.38 bits per heavy atom. The first-order chi connectivity index (χ1) is 7.78. The Morgan fingerprint density at radius 2 is 1.81 bits per heavy atom. The van der Waals surface area contributed by atoms with Crippen molar-refractivity contribution in [1.82, 2.24) is 4.90 Å². The van der Waals surface area contributed by atoms with Gasteiger partial charge in [0.05, 0.1) is 0 Å². The maximum atomic E-state index is 5.16. The monoisotopic (exact) mass is 225 g/mol. The van der Waals surface area contributed by atoms with Crippen molar-refractivity contribution in [1.29, 1.82) is 0 Å². The van der Waals surface area contributed by atoms with Gasteiger partial charge in [-0.2, -0.15) is 0 Å². The molecule has 1 heterocycles. The molecule has 1 aliphatic carbocycles. The minimum Gasteiger partial charge on any atom is -0.385 e. The van der Waals surface area contributed by atoms with Crippen molar-refractivity contribution in [3.8, 4) is 0 Å². The number of rotatable bonds is 5. The van der Waals surface area contributed by atoms with Gasteiger partial charge in [0.25, 0.3) is 0 Å². The number of ether oxygens (including phenoxy) is 1. The molecule has 2 aliphatic rings. The van der Waals surface area contributed by atoms with Crippen molar-refractivity contribution >= 4 is 0 Å². The van der Waals surface area contributed by atoms with Gasteiger partial charge in [-0.15, -0.1) is 0 Å². The number of methoxy groups -OCH3 is 1. The van der Waals surface area contributed by atoms with Gasteiger partial charge >= 0.3 is 0 Å². The van der Waals surface area contributed by atoms with Gasteiger partial charge in [-0.05, 0) is 62.9 Å². The summed E-state index contributed by atoms with van der Waals surface area (Å²) in [7, 11) is 1.81. The summed E-state index contributed by atoms with van der Waals surface area (Å²) in [4.78, 5) is 2.69. The molecule has 0 spiro atoms. The third-order valence-electron chi connectivity index (χ3n) is 4.43. The summed E-state index contributed by atoms with van der Waals surface area (Å²) in [5.41, 5.74) is 0. The van der Waals surface area contributed by atoms with E-state index in [-0.39, 0.29) is 0 Å². The van der Waals surface area contributed by atoms with Crippen molar-refractivity contribution in [2.45, 2.75) is 39.0 Å². The molecule has 0 aromatic heterocycles. The lowest BCUT2D eigenvalue weighted by atomic mass is 9.75. The zero-order chi connectivity index (χ0) is 11.4. The van der Waals surface area contributed by atoms with Crippen LogP contribution in [0.2, 0.25) is 0 Å². The Morgan fingerprint density at radius 1 is 1.12 bits per heavy atom. The Labute approximate surface area is 100 Å². The van der Waals surface area contributed by atoms with Crippen LogP contribution >= 0.6 is 0 Å². The Hall–Kier alpha value is -0.0800. The third kappa shape index (κ3) is 3.46. The fourth-order valence-corrected chi connectivity index (χ4v) is 3.33. The van der Waals surface area contributed by atoms with E-state index in [1.165, 1.54) is 51.7 Å². The number of likely N-dealkylation sites (tertiary alicyclic amines) is 1. The first kappa shape index (κ1) is 12.4. The molecule has 94 valence electrons. The van der Waals surface area contributed by atoms with Gasteiger partial charge in [0, 0.05) is 20.3 Å². The highest BCUT2D eigenvalue weighted by Crippen LogP contribution is 2.34. The molecular weight excluding hydrogens is 198 g/mol. The average molecular weight is 225 g/mol. The highest BCUT2D eigenvalue weighted by molar-refractivity contribution is 4.81. The summed E-state index contributed by atoms with van der Waals surface area (Å²) in [6.45, 7) is 7.37. The van der Waals surface area contributed by atoms with E-state index >= 15 is 0 Å². The van der Waals surface area contributed by atoms with Crippen LogP contribution in [0, 0.1) is 17.8 Å². The predicted molar refractivity (Wildman–Crippen MR) is 67.5 cm³/mol. The molecule has 16 heavy (non-hydrogen) atoms. The highest BCUT2D eigenvalue weighted by Gasteiger charge is 2.28. The second-order valence-electron chi connectivity index (χ2n) is 5.97. The van der Waals surface area contributed by atoms with Crippen molar-refractivity contribution in [3.63, 3.8) is 0 Å². The molecule has 0 unspecified atom stereocenters. The molecule has 0 aromatic rings. The van der Waals surface area contributed by atoms with E-state index in [9.17, 15) is 0 Å². The maximum Gasteiger partial charge on any atom is 0.0464 e. The van der Waals surface area contributed by atoms with Gasteiger partial charge in [-0.1, -0.05) is 6.92 Å². The standard InChI is InChI=1S/C14H27NO/c1-12-9-14(10-12)11-15-6-3-13(4-7-15)5-8-16-2/h12-14H,3-11H2,1-2H3. The number of piperidine rings is 1. The quantitative estimate of drug-likeness (QED) is 0.713. The lowest BCUT2D eigenvalue weighted by molar-refractivity contribution is 0.0930. The first-order valence-electron chi connectivity index (χ1n) is 6.99. The van der Waals surface area contributed by atoms with Crippen LogP contribution in [0.15, 0.2) is 0 Å². The number of hydrogen-bond acceptors (Lipinski definition) is 2. The summed E-state index contributed by atoms with van der Waals surface area (Å²) in [5.74, 6) is 2.95. The van der Waals surface area contributed by atoms with Crippen LogP contribution in [0.25, 0.3) is 0 Å². The molecule has 0 bridgehead atoms. The Bertz CT molecular complexity index is 193. The van der Waals surface area contributed by atoms with Crippen LogP contribution in [0.3, 0.4) is 0 Å². The van der Waals surface area contributed by atoms with Crippen LogP contribution in [0.5, 0.6) is 0 Å². The Balaban J connectivity index is 1.58. The molecule has 2 rings (SSSR count). The van der Waals surface area contributed by atoms with Gasteiger partial charge in [0.1, 0.15) is 0 Å². The largest absolute Gasteiger partial charge is 0.385 e. The van der Waals surface area contributed by atoms with Crippen molar-refractivity contribution in [2.24, 2.45) is 17.8 Å². The first-order valence-corrected chi connectivity index (χ1v) is 6.99. The minimum atomic E-state index is 0.927.